The molecule has 0 amide bonds. The molecule has 1 unspecified atom stereocenters. The maximum absolute atomic E-state index is 11.0. The Morgan fingerprint density at radius 3 is 1.63 bits per heavy atom. The van der Waals surface area contributed by atoms with Gasteiger partial charge in [0.1, 0.15) is 0 Å². The number of hydrogen-bond acceptors (Lipinski definition) is 1. The Hall–Kier alpha value is -0.500. The summed E-state index contributed by atoms with van der Waals surface area (Å²) in [5.41, 5.74) is 0. The topological polar surface area (TPSA) is 37.3 Å². The fourth-order valence-corrected chi connectivity index (χ4v) is 3.78. The van der Waals surface area contributed by atoms with E-state index in [0.29, 0.717) is 12.3 Å². The summed E-state index contributed by atoms with van der Waals surface area (Å²) < 4.78 is 0. The minimum atomic E-state index is -0.684. The van der Waals surface area contributed by atoms with Crippen LogP contribution in [0.3, 0.4) is 0 Å². The zero-order valence-corrected chi connectivity index (χ0v) is 18.7. The first-order chi connectivity index (χ1) is 13.2. The molecule has 0 aromatic rings. The number of rotatable bonds is 21. The molecule has 0 fully saturated rings. The molecule has 160 valence electrons. The standard InChI is InChI=1S/C24H45ClO2/c1-2-3-4-5-6-7-8-9-10-11-12-13-14-15-16-17-18-19-20-23(21-22-25)24(26)27/h9-10,23H,2-8,11-22H2,1H3,(H,26,27)/b10-9-. The van der Waals surface area contributed by atoms with Crippen LogP contribution in [0.25, 0.3) is 0 Å². The van der Waals surface area contributed by atoms with Crippen LogP contribution in [-0.2, 0) is 4.79 Å². The second-order valence-corrected chi connectivity index (χ2v) is 8.32. The lowest BCUT2D eigenvalue weighted by molar-refractivity contribution is -0.142. The number of carboxylic acid groups (broad SMARTS) is 1. The number of alkyl halides is 1. The largest absolute Gasteiger partial charge is 0.481 e. The third kappa shape index (κ3) is 20.1. The molecular formula is C24H45ClO2. The lowest BCUT2D eigenvalue weighted by atomic mass is 9.98. The van der Waals surface area contributed by atoms with Gasteiger partial charge in [0.25, 0.3) is 0 Å². The van der Waals surface area contributed by atoms with Gasteiger partial charge in [0, 0.05) is 5.88 Å². The predicted molar refractivity (Wildman–Crippen MR) is 120 cm³/mol. The van der Waals surface area contributed by atoms with E-state index >= 15 is 0 Å². The van der Waals surface area contributed by atoms with Gasteiger partial charge in [-0.3, -0.25) is 4.79 Å². The molecule has 0 aliphatic heterocycles. The highest BCUT2D eigenvalue weighted by atomic mass is 35.5. The summed E-state index contributed by atoms with van der Waals surface area (Å²) in [5, 5.41) is 9.08. The lowest BCUT2D eigenvalue weighted by Crippen LogP contribution is -2.14. The molecule has 2 nitrogen and oxygen atoms in total. The van der Waals surface area contributed by atoms with Gasteiger partial charge < -0.3 is 5.11 Å². The van der Waals surface area contributed by atoms with Crippen molar-refractivity contribution in [2.75, 3.05) is 5.88 Å². The molecule has 0 saturated heterocycles. The molecule has 0 saturated carbocycles. The monoisotopic (exact) mass is 400 g/mol. The summed E-state index contributed by atoms with van der Waals surface area (Å²) in [6.07, 6.45) is 27.0. The first kappa shape index (κ1) is 26.5. The summed E-state index contributed by atoms with van der Waals surface area (Å²) in [6.45, 7) is 2.27. The summed E-state index contributed by atoms with van der Waals surface area (Å²) in [4.78, 5) is 11.0. The van der Waals surface area contributed by atoms with Crippen molar-refractivity contribution in [1.82, 2.24) is 0 Å². The van der Waals surface area contributed by atoms with Gasteiger partial charge in [-0.25, -0.2) is 0 Å². The van der Waals surface area contributed by atoms with E-state index in [9.17, 15) is 4.79 Å². The second kappa shape index (κ2) is 21.8. The number of carboxylic acids is 1. The maximum Gasteiger partial charge on any atom is 0.306 e. The van der Waals surface area contributed by atoms with E-state index in [-0.39, 0.29) is 5.92 Å². The van der Waals surface area contributed by atoms with Gasteiger partial charge in [-0.2, -0.15) is 0 Å². The molecule has 1 N–H and O–H groups in total. The molecule has 3 heteroatoms. The minimum absolute atomic E-state index is 0.239. The third-order valence-electron chi connectivity index (χ3n) is 5.37. The molecule has 0 aromatic heterocycles. The van der Waals surface area contributed by atoms with Crippen LogP contribution in [0.5, 0.6) is 0 Å². The fraction of sp³-hybridized carbons (Fsp3) is 0.875. The highest BCUT2D eigenvalue weighted by Gasteiger charge is 2.15. The van der Waals surface area contributed by atoms with E-state index in [0.717, 1.165) is 19.3 Å². The first-order valence-electron chi connectivity index (χ1n) is 11.7. The Balaban J connectivity index is 3.24. The van der Waals surface area contributed by atoms with E-state index < -0.39 is 5.97 Å². The maximum atomic E-state index is 11.0. The number of halogens is 1. The van der Waals surface area contributed by atoms with Gasteiger partial charge in [-0.05, 0) is 38.5 Å². The minimum Gasteiger partial charge on any atom is -0.481 e. The zero-order valence-electron chi connectivity index (χ0n) is 17.9. The molecule has 0 aromatic carbocycles. The van der Waals surface area contributed by atoms with Crippen molar-refractivity contribution in [3.8, 4) is 0 Å². The smallest absolute Gasteiger partial charge is 0.306 e. The molecular weight excluding hydrogens is 356 g/mol. The Labute approximate surface area is 174 Å². The number of allylic oxidation sites excluding steroid dienone is 2. The second-order valence-electron chi connectivity index (χ2n) is 7.95. The first-order valence-corrected chi connectivity index (χ1v) is 12.2. The van der Waals surface area contributed by atoms with Gasteiger partial charge in [-0.15, -0.1) is 11.6 Å². The Kier molecular flexibility index (Phi) is 21.4. The van der Waals surface area contributed by atoms with Crippen LogP contribution >= 0.6 is 11.6 Å². The highest BCUT2D eigenvalue weighted by molar-refractivity contribution is 6.17. The van der Waals surface area contributed by atoms with Crippen LogP contribution in [0.1, 0.15) is 122 Å². The Bertz CT molecular complexity index is 341. The Morgan fingerprint density at radius 1 is 0.741 bits per heavy atom. The summed E-state index contributed by atoms with van der Waals surface area (Å²) in [7, 11) is 0. The summed E-state index contributed by atoms with van der Waals surface area (Å²) >= 11 is 5.66. The molecule has 0 rings (SSSR count). The number of unbranched alkanes of at least 4 members (excludes halogenated alkanes) is 14. The van der Waals surface area contributed by atoms with Gasteiger partial charge in [0.2, 0.25) is 0 Å². The summed E-state index contributed by atoms with van der Waals surface area (Å²) in [5.74, 6) is -0.473. The fourth-order valence-electron chi connectivity index (χ4n) is 3.51. The quantitative estimate of drug-likeness (QED) is 0.119. The van der Waals surface area contributed by atoms with E-state index in [2.05, 4.69) is 19.1 Å². The van der Waals surface area contributed by atoms with E-state index in [1.54, 1.807) is 0 Å². The van der Waals surface area contributed by atoms with Crippen molar-refractivity contribution in [3.63, 3.8) is 0 Å². The normalized spacial score (nSPS) is 12.7. The van der Waals surface area contributed by atoms with E-state index in [1.165, 1.54) is 89.9 Å². The van der Waals surface area contributed by atoms with Crippen molar-refractivity contribution in [1.29, 1.82) is 0 Å². The number of aliphatic carboxylic acids is 1. The van der Waals surface area contributed by atoms with Crippen molar-refractivity contribution >= 4 is 17.6 Å². The van der Waals surface area contributed by atoms with Crippen molar-refractivity contribution in [3.05, 3.63) is 12.2 Å². The Morgan fingerprint density at radius 2 is 1.19 bits per heavy atom. The van der Waals surface area contributed by atoms with Crippen LogP contribution in [0.4, 0.5) is 0 Å². The van der Waals surface area contributed by atoms with Crippen LogP contribution in [0.2, 0.25) is 0 Å². The molecule has 0 radical (unpaired) electrons. The van der Waals surface area contributed by atoms with Crippen molar-refractivity contribution in [2.24, 2.45) is 5.92 Å². The number of carbonyl (C=O) groups is 1. The molecule has 0 spiro atoms. The SMILES string of the molecule is CCCCCCCC/C=C\CCCCCCCCCCC(CCCl)C(=O)O. The van der Waals surface area contributed by atoms with Crippen molar-refractivity contribution in [2.45, 2.75) is 122 Å². The van der Waals surface area contributed by atoms with Gasteiger partial charge in [-0.1, -0.05) is 96.1 Å². The number of hydrogen-bond donors (Lipinski definition) is 1. The molecule has 0 aliphatic rings. The average Bonchev–Trinajstić information content (AvgIpc) is 2.66. The lowest BCUT2D eigenvalue weighted by Gasteiger charge is -2.09. The van der Waals surface area contributed by atoms with Gasteiger partial charge >= 0.3 is 5.97 Å². The van der Waals surface area contributed by atoms with Crippen LogP contribution < -0.4 is 0 Å². The summed E-state index contributed by atoms with van der Waals surface area (Å²) in [6, 6.07) is 0. The van der Waals surface area contributed by atoms with Gasteiger partial charge in [0.15, 0.2) is 0 Å². The molecule has 0 heterocycles. The van der Waals surface area contributed by atoms with Crippen LogP contribution in [-0.4, -0.2) is 17.0 Å². The average molecular weight is 401 g/mol. The highest BCUT2D eigenvalue weighted by Crippen LogP contribution is 2.17. The van der Waals surface area contributed by atoms with Crippen LogP contribution in [0.15, 0.2) is 12.2 Å². The third-order valence-corrected chi connectivity index (χ3v) is 5.59. The predicted octanol–water partition coefficient (Wildman–Crippen LogP) is 8.52. The molecule has 1 atom stereocenters. The van der Waals surface area contributed by atoms with E-state index in [4.69, 9.17) is 16.7 Å². The van der Waals surface area contributed by atoms with Crippen LogP contribution in [0, 0.1) is 5.92 Å². The van der Waals surface area contributed by atoms with E-state index in [1.807, 2.05) is 0 Å². The zero-order chi connectivity index (χ0) is 20.0. The van der Waals surface area contributed by atoms with Crippen molar-refractivity contribution < 1.29 is 9.90 Å². The molecule has 27 heavy (non-hydrogen) atoms. The molecule has 0 aliphatic carbocycles. The molecule has 0 bridgehead atoms. The van der Waals surface area contributed by atoms with Gasteiger partial charge in [0.05, 0.1) is 5.92 Å².